The monoisotopic (exact) mass is 515 g/mol. The molecule has 1 aromatic carbocycles. The van der Waals surface area contributed by atoms with E-state index in [0.29, 0.717) is 37.9 Å². The minimum Gasteiger partial charge on any atom is -0.409 e. The zero-order chi connectivity index (χ0) is 26.5. The summed E-state index contributed by atoms with van der Waals surface area (Å²) in [5, 5.41) is 9.14. The zero-order valence-electron chi connectivity index (χ0n) is 22.2. The van der Waals surface area contributed by atoms with Crippen molar-refractivity contribution in [3.8, 4) is 0 Å². The number of aromatic nitrogens is 2. The molecule has 3 N–H and O–H groups in total. The van der Waals surface area contributed by atoms with Crippen molar-refractivity contribution in [1.29, 1.82) is 0 Å². The predicted octanol–water partition coefficient (Wildman–Crippen LogP) is 3.17. The second kappa shape index (κ2) is 15.4. The number of benzene rings is 1. The van der Waals surface area contributed by atoms with Crippen LogP contribution in [0.1, 0.15) is 59.9 Å². The van der Waals surface area contributed by atoms with Crippen LogP contribution in [0.5, 0.6) is 0 Å². The number of nitrogens with one attached hydrogen (secondary N) is 3. The topological polar surface area (TPSA) is 114 Å². The highest BCUT2D eigenvalue weighted by molar-refractivity contribution is 6.47. The molecule has 2 aromatic rings. The summed E-state index contributed by atoms with van der Waals surface area (Å²) in [7, 11) is 1.44. The summed E-state index contributed by atoms with van der Waals surface area (Å²) in [4.78, 5) is 34.4. The van der Waals surface area contributed by atoms with E-state index in [9.17, 15) is 9.59 Å². The highest BCUT2D eigenvalue weighted by Gasteiger charge is 2.38. The summed E-state index contributed by atoms with van der Waals surface area (Å²) in [6.45, 7) is 6.45. The quantitative estimate of drug-likeness (QED) is 0.262. The summed E-state index contributed by atoms with van der Waals surface area (Å²) in [6.07, 6.45) is 8.68. The standard InChI is InChI=1S/C27H40BN5O4.3H2/c1-20(2)15-25(28-36-18-22(19-37-28)11-7-8-12-29-3)33-26(34)23(16-21-9-5-4-6-10-21)32-27(35)24-17-30-13-14-31-24;;;/h4-6,9-10,13-14,17,20,22-23,25,29H,7-8,11-12,15-16,18-19H2,1-3H3,(H,32,35)(H,33,34);3*1H. The van der Waals surface area contributed by atoms with E-state index in [-0.39, 0.29) is 21.8 Å². The van der Waals surface area contributed by atoms with Crippen molar-refractivity contribution in [3.05, 3.63) is 60.2 Å². The van der Waals surface area contributed by atoms with Crippen molar-refractivity contribution in [2.24, 2.45) is 11.8 Å². The second-order valence-corrected chi connectivity index (χ2v) is 10.1. The third-order valence-corrected chi connectivity index (χ3v) is 6.36. The molecular weight excluding hydrogens is 469 g/mol. The van der Waals surface area contributed by atoms with Crippen molar-refractivity contribution in [3.63, 3.8) is 0 Å². The summed E-state index contributed by atoms with van der Waals surface area (Å²) in [6, 6.07) is 8.82. The molecule has 10 heteroatoms. The molecule has 0 bridgehead atoms. The molecule has 9 nitrogen and oxygen atoms in total. The van der Waals surface area contributed by atoms with E-state index in [1.54, 1.807) is 0 Å². The average Bonchev–Trinajstić information content (AvgIpc) is 2.91. The van der Waals surface area contributed by atoms with E-state index >= 15 is 0 Å². The molecule has 37 heavy (non-hydrogen) atoms. The minimum atomic E-state index is -0.796. The number of amides is 2. The molecule has 206 valence electrons. The maximum Gasteiger partial charge on any atom is 0.480 e. The van der Waals surface area contributed by atoms with Crippen molar-refractivity contribution < 1.29 is 23.2 Å². The van der Waals surface area contributed by atoms with Crippen LogP contribution in [0.15, 0.2) is 48.9 Å². The van der Waals surface area contributed by atoms with Gasteiger partial charge in [-0.25, -0.2) is 4.98 Å². The Hall–Kier alpha value is -2.82. The van der Waals surface area contributed by atoms with Crippen LogP contribution in [0, 0.1) is 11.8 Å². The van der Waals surface area contributed by atoms with Crippen LogP contribution in [-0.4, -0.2) is 67.7 Å². The highest BCUT2D eigenvalue weighted by Crippen LogP contribution is 2.20. The van der Waals surface area contributed by atoms with Crippen LogP contribution in [0.25, 0.3) is 0 Å². The highest BCUT2D eigenvalue weighted by atomic mass is 16.6. The second-order valence-electron chi connectivity index (χ2n) is 10.1. The number of rotatable bonds is 14. The molecular formula is C27H46BN5O4. The number of nitrogens with zero attached hydrogens (tertiary/aromatic N) is 2. The Morgan fingerprint density at radius 3 is 2.51 bits per heavy atom. The van der Waals surface area contributed by atoms with Crippen LogP contribution in [0.4, 0.5) is 0 Å². The molecule has 1 fully saturated rings. The first-order chi connectivity index (χ1) is 18.0. The first-order valence-electron chi connectivity index (χ1n) is 13.2. The van der Waals surface area contributed by atoms with Gasteiger partial charge in [0.2, 0.25) is 5.91 Å². The van der Waals surface area contributed by atoms with Crippen molar-refractivity contribution in [1.82, 2.24) is 25.9 Å². The Morgan fingerprint density at radius 1 is 1.11 bits per heavy atom. The van der Waals surface area contributed by atoms with Gasteiger partial charge in [-0.05, 0) is 44.3 Å². The lowest BCUT2D eigenvalue weighted by molar-refractivity contribution is -0.123. The van der Waals surface area contributed by atoms with Crippen molar-refractivity contribution >= 4 is 18.9 Å². The van der Waals surface area contributed by atoms with E-state index in [4.69, 9.17) is 9.31 Å². The Kier molecular flexibility index (Phi) is 12.0. The lowest BCUT2D eigenvalue weighted by Crippen LogP contribution is -2.57. The third kappa shape index (κ3) is 9.87. The lowest BCUT2D eigenvalue weighted by Gasteiger charge is -2.33. The van der Waals surface area contributed by atoms with Crippen LogP contribution in [0.2, 0.25) is 0 Å². The van der Waals surface area contributed by atoms with E-state index in [1.165, 1.54) is 18.6 Å². The first-order valence-corrected chi connectivity index (χ1v) is 13.2. The van der Waals surface area contributed by atoms with E-state index < -0.39 is 19.1 Å². The average molecular weight is 516 g/mol. The van der Waals surface area contributed by atoms with Gasteiger partial charge in [-0.1, -0.05) is 50.6 Å². The molecule has 0 radical (unpaired) electrons. The molecule has 0 aliphatic carbocycles. The minimum absolute atomic E-state index is 0. The Morgan fingerprint density at radius 2 is 1.86 bits per heavy atom. The maximum absolute atomic E-state index is 13.5. The number of carbonyl (C=O) groups is 2. The van der Waals surface area contributed by atoms with Gasteiger partial charge in [-0.15, -0.1) is 0 Å². The normalized spacial score (nSPS) is 15.8. The fourth-order valence-electron chi connectivity index (χ4n) is 4.43. The Bertz CT molecular complexity index is 958. The van der Waals surface area contributed by atoms with Crippen LogP contribution in [0.3, 0.4) is 0 Å². The van der Waals surface area contributed by atoms with Gasteiger partial charge >= 0.3 is 7.12 Å². The smallest absolute Gasteiger partial charge is 0.409 e. The molecule has 2 heterocycles. The summed E-state index contributed by atoms with van der Waals surface area (Å²) in [5.74, 6) is -0.382. The fraction of sp³-hybridized carbons (Fsp3) is 0.556. The lowest BCUT2D eigenvalue weighted by atomic mass is 9.72. The van der Waals surface area contributed by atoms with Gasteiger partial charge in [0, 0.05) is 42.2 Å². The fourth-order valence-corrected chi connectivity index (χ4v) is 4.43. The molecule has 1 aliphatic heterocycles. The van der Waals surface area contributed by atoms with Gasteiger partial charge in [-0.3, -0.25) is 14.6 Å². The third-order valence-electron chi connectivity index (χ3n) is 6.36. The Balaban J connectivity index is 0.00000507. The van der Waals surface area contributed by atoms with Gasteiger partial charge in [0.05, 0.1) is 12.1 Å². The number of hydrogen-bond donors (Lipinski definition) is 3. The van der Waals surface area contributed by atoms with Crippen molar-refractivity contribution in [2.75, 3.05) is 26.8 Å². The summed E-state index contributed by atoms with van der Waals surface area (Å²) < 4.78 is 12.2. The van der Waals surface area contributed by atoms with Gasteiger partial charge in [0.15, 0.2) is 0 Å². The largest absolute Gasteiger partial charge is 0.480 e. The summed E-state index contributed by atoms with van der Waals surface area (Å²) >= 11 is 0. The number of unbranched alkanes of at least 4 members (excludes halogenated alkanes) is 1. The van der Waals surface area contributed by atoms with Crippen molar-refractivity contribution in [2.45, 2.75) is 57.9 Å². The molecule has 1 aromatic heterocycles. The van der Waals surface area contributed by atoms with E-state index in [2.05, 4.69) is 39.8 Å². The SMILES string of the molecule is CNCCCCC1COB(C(CC(C)C)NC(=O)C(Cc2ccccc2)NC(=O)c2cnccn2)OC1.[HH].[HH].[HH]. The van der Waals surface area contributed by atoms with Gasteiger partial charge in [0.25, 0.3) is 5.91 Å². The van der Waals surface area contributed by atoms with Crippen LogP contribution in [-0.2, 0) is 20.5 Å². The molecule has 0 saturated carbocycles. The Labute approximate surface area is 225 Å². The molecule has 1 aliphatic rings. The first kappa shape index (κ1) is 28.8. The molecule has 3 rings (SSSR count). The predicted molar refractivity (Wildman–Crippen MR) is 150 cm³/mol. The van der Waals surface area contributed by atoms with E-state index in [1.807, 2.05) is 37.4 Å². The molecule has 1 saturated heterocycles. The maximum atomic E-state index is 13.5. The van der Waals surface area contributed by atoms with Gasteiger partial charge < -0.3 is 25.3 Å². The van der Waals surface area contributed by atoms with Gasteiger partial charge in [-0.2, -0.15) is 0 Å². The molecule has 2 amide bonds. The zero-order valence-corrected chi connectivity index (χ0v) is 22.2. The molecule has 2 atom stereocenters. The molecule has 2 unspecified atom stereocenters. The van der Waals surface area contributed by atoms with E-state index in [0.717, 1.165) is 31.4 Å². The molecule has 0 spiro atoms. The van der Waals surface area contributed by atoms with Crippen LogP contribution < -0.4 is 16.0 Å². The number of carbonyl (C=O) groups excluding carboxylic acids is 2. The van der Waals surface area contributed by atoms with Gasteiger partial charge in [0.1, 0.15) is 11.7 Å². The summed E-state index contributed by atoms with van der Waals surface area (Å²) in [5.41, 5.74) is 1.10. The van der Waals surface area contributed by atoms with Crippen LogP contribution >= 0.6 is 0 Å². The number of hydrogen-bond acceptors (Lipinski definition) is 7.